The zero-order valence-corrected chi connectivity index (χ0v) is 10.9. The number of rotatable bonds is 3. The van der Waals surface area contributed by atoms with E-state index in [2.05, 4.69) is 10.5 Å². The van der Waals surface area contributed by atoms with Crippen molar-refractivity contribution in [2.75, 3.05) is 5.32 Å². The van der Waals surface area contributed by atoms with Crippen molar-refractivity contribution in [3.8, 4) is 5.75 Å². The largest absolute Gasteiger partial charge is 0.417 e. The number of carbonyl (C=O) groups is 1. The molecule has 0 aliphatic heterocycles. The highest BCUT2D eigenvalue weighted by Gasteiger charge is 2.10. The summed E-state index contributed by atoms with van der Waals surface area (Å²) < 4.78 is 5.13. The van der Waals surface area contributed by atoms with E-state index < -0.39 is 6.09 Å². The third-order valence-corrected chi connectivity index (χ3v) is 2.66. The number of para-hydroxylation sites is 2. The van der Waals surface area contributed by atoms with Crippen LogP contribution in [0, 0.1) is 0 Å². The maximum Gasteiger partial charge on any atom is 0.417 e. The van der Waals surface area contributed by atoms with Crippen molar-refractivity contribution in [3.05, 3.63) is 60.2 Å². The predicted octanol–water partition coefficient (Wildman–Crippen LogP) is 3.50. The fourth-order valence-corrected chi connectivity index (χ4v) is 1.69. The van der Waals surface area contributed by atoms with E-state index >= 15 is 0 Å². The molecule has 0 aromatic heterocycles. The van der Waals surface area contributed by atoms with E-state index in [4.69, 9.17) is 9.94 Å². The number of nitrogens with one attached hydrogen (secondary N) is 1. The third kappa shape index (κ3) is 3.35. The summed E-state index contributed by atoms with van der Waals surface area (Å²) in [6.07, 6.45) is -0.602. The summed E-state index contributed by atoms with van der Waals surface area (Å²) in [6.45, 7) is 1.64. The average molecular weight is 270 g/mol. The van der Waals surface area contributed by atoms with Crippen LogP contribution in [-0.4, -0.2) is 17.0 Å². The predicted molar refractivity (Wildman–Crippen MR) is 76.5 cm³/mol. The van der Waals surface area contributed by atoms with Gasteiger partial charge in [0.05, 0.1) is 11.4 Å². The van der Waals surface area contributed by atoms with Crippen LogP contribution in [0.1, 0.15) is 12.5 Å². The van der Waals surface area contributed by atoms with Gasteiger partial charge in [0.25, 0.3) is 0 Å². The Morgan fingerprint density at radius 2 is 1.75 bits per heavy atom. The fraction of sp³-hybridized carbons (Fsp3) is 0.0667. The second-order valence-electron chi connectivity index (χ2n) is 4.06. The van der Waals surface area contributed by atoms with Crippen LogP contribution in [0.4, 0.5) is 10.5 Å². The number of ether oxygens (including phenoxy) is 1. The number of oxime groups is 1. The van der Waals surface area contributed by atoms with Gasteiger partial charge < -0.3 is 9.94 Å². The molecule has 102 valence electrons. The van der Waals surface area contributed by atoms with Gasteiger partial charge in [-0.15, -0.1) is 0 Å². The zero-order chi connectivity index (χ0) is 14.4. The van der Waals surface area contributed by atoms with Crippen molar-refractivity contribution in [1.82, 2.24) is 0 Å². The Hall–Kier alpha value is -2.82. The maximum atomic E-state index is 11.8. The van der Waals surface area contributed by atoms with Gasteiger partial charge in [-0.25, -0.2) is 4.79 Å². The highest BCUT2D eigenvalue weighted by Crippen LogP contribution is 2.17. The van der Waals surface area contributed by atoms with Gasteiger partial charge in [0.1, 0.15) is 5.75 Å². The minimum absolute atomic E-state index is 0.403. The molecule has 5 heteroatoms. The van der Waals surface area contributed by atoms with Crippen molar-refractivity contribution in [2.45, 2.75) is 6.92 Å². The number of amides is 1. The highest BCUT2D eigenvalue weighted by atomic mass is 16.6. The molecule has 2 aromatic carbocycles. The molecule has 0 atom stereocenters. The number of hydrogen-bond donors (Lipinski definition) is 2. The molecule has 2 rings (SSSR count). The fourth-order valence-electron chi connectivity index (χ4n) is 1.69. The number of anilines is 1. The van der Waals surface area contributed by atoms with Crippen LogP contribution in [0.25, 0.3) is 0 Å². The molecule has 20 heavy (non-hydrogen) atoms. The molecule has 0 spiro atoms. The lowest BCUT2D eigenvalue weighted by Crippen LogP contribution is -2.18. The lowest BCUT2D eigenvalue weighted by atomic mass is 10.1. The van der Waals surface area contributed by atoms with E-state index in [0.29, 0.717) is 22.7 Å². The van der Waals surface area contributed by atoms with Gasteiger partial charge in [-0.3, -0.25) is 5.32 Å². The lowest BCUT2D eigenvalue weighted by Gasteiger charge is -2.10. The first-order valence-electron chi connectivity index (χ1n) is 6.02. The van der Waals surface area contributed by atoms with E-state index in [-0.39, 0.29) is 0 Å². The Labute approximate surface area is 116 Å². The van der Waals surface area contributed by atoms with Crippen molar-refractivity contribution in [3.63, 3.8) is 0 Å². The molecule has 2 aromatic rings. The van der Waals surface area contributed by atoms with Crippen molar-refractivity contribution >= 4 is 17.5 Å². The quantitative estimate of drug-likeness (QED) is 0.509. The molecule has 0 heterocycles. The van der Waals surface area contributed by atoms with Gasteiger partial charge in [-0.1, -0.05) is 41.6 Å². The van der Waals surface area contributed by atoms with Crippen molar-refractivity contribution in [2.24, 2.45) is 5.16 Å². The van der Waals surface area contributed by atoms with Crippen molar-refractivity contribution < 1.29 is 14.7 Å². The van der Waals surface area contributed by atoms with Gasteiger partial charge in [-0.05, 0) is 25.1 Å². The monoisotopic (exact) mass is 270 g/mol. The first-order chi connectivity index (χ1) is 9.70. The summed E-state index contributed by atoms with van der Waals surface area (Å²) in [5, 5.41) is 14.6. The molecule has 0 saturated carbocycles. The molecule has 0 saturated heterocycles. The minimum Gasteiger partial charge on any atom is -0.411 e. The molecule has 0 unspecified atom stereocenters. The van der Waals surface area contributed by atoms with Gasteiger partial charge in [0.15, 0.2) is 0 Å². The SMILES string of the molecule is C/C(=N\O)c1ccccc1NC(=O)Oc1ccccc1. The first kappa shape index (κ1) is 13.6. The van der Waals surface area contributed by atoms with Gasteiger partial charge in [-0.2, -0.15) is 0 Å². The van der Waals surface area contributed by atoms with E-state index in [1.165, 1.54) is 0 Å². The van der Waals surface area contributed by atoms with Crippen LogP contribution >= 0.6 is 0 Å². The summed E-state index contributed by atoms with van der Waals surface area (Å²) in [4.78, 5) is 11.8. The summed E-state index contributed by atoms with van der Waals surface area (Å²) in [7, 11) is 0. The number of nitrogens with zero attached hydrogens (tertiary/aromatic N) is 1. The number of hydrogen-bond acceptors (Lipinski definition) is 4. The normalized spacial score (nSPS) is 10.9. The van der Waals surface area contributed by atoms with E-state index in [1.54, 1.807) is 55.5 Å². The number of benzene rings is 2. The Kier molecular flexibility index (Phi) is 4.34. The molecular weight excluding hydrogens is 256 g/mol. The summed E-state index contributed by atoms with van der Waals surface area (Å²) in [5.41, 5.74) is 1.55. The van der Waals surface area contributed by atoms with E-state index in [9.17, 15) is 4.79 Å². The molecule has 5 nitrogen and oxygen atoms in total. The Morgan fingerprint density at radius 1 is 1.10 bits per heavy atom. The van der Waals surface area contributed by atoms with E-state index in [1.807, 2.05) is 6.07 Å². The smallest absolute Gasteiger partial charge is 0.411 e. The second-order valence-corrected chi connectivity index (χ2v) is 4.06. The van der Waals surface area contributed by atoms with Crippen LogP contribution in [0.15, 0.2) is 59.8 Å². The van der Waals surface area contributed by atoms with Crippen LogP contribution in [-0.2, 0) is 0 Å². The second kappa shape index (κ2) is 6.38. The molecule has 0 fully saturated rings. The number of carbonyl (C=O) groups excluding carboxylic acids is 1. The summed E-state index contributed by atoms with van der Waals surface area (Å²) >= 11 is 0. The topological polar surface area (TPSA) is 70.9 Å². The molecule has 0 bridgehead atoms. The van der Waals surface area contributed by atoms with Gasteiger partial charge >= 0.3 is 6.09 Å². The molecule has 0 aliphatic carbocycles. The summed E-state index contributed by atoms with van der Waals surface area (Å²) in [5.74, 6) is 0.454. The third-order valence-electron chi connectivity index (χ3n) is 2.66. The molecule has 0 aliphatic rings. The van der Waals surface area contributed by atoms with E-state index in [0.717, 1.165) is 0 Å². The van der Waals surface area contributed by atoms with Crippen LogP contribution in [0.2, 0.25) is 0 Å². The summed E-state index contributed by atoms with van der Waals surface area (Å²) in [6, 6.07) is 15.8. The van der Waals surface area contributed by atoms with Crippen LogP contribution < -0.4 is 10.1 Å². The maximum absolute atomic E-state index is 11.8. The van der Waals surface area contributed by atoms with Crippen molar-refractivity contribution in [1.29, 1.82) is 0 Å². The highest BCUT2D eigenvalue weighted by molar-refractivity contribution is 6.05. The van der Waals surface area contributed by atoms with Gasteiger partial charge in [0.2, 0.25) is 0 Å². The average Bonchev–Trinajstić information content (AvgIpc) is 2.48. The Balaban J connectivity index is 2.12. The Morgan fingerprint density at radius 3 is 2.45 bits per heavy atom. The standard InChI is InChI=1S/C15H14N2O3/c1-11(17-19)13-9-5-6-10-14(13)16-15(18)20-12-7-3-2-4-8-12/h2-10,19H,1H3,(H,16,18)/b17-11+. The lowest BCUT2D eigenvalue weighted by molar-refractivity contribution is 0.215. The Bertz CT molecular complexity index is 624. The minimum atomic E-state index is -0.602. The van der Waals surface area contributed by atoms with Gasteiger partial charge in [0, 0.05) is 5.56 Å². The molecule has 0 radical (unpaired) electrons. The zero-order valence-electron chi connectivity index (χ0n) is 10.9. The first-order valence-corrected chi connectivity index (χ1v) is 6.02. The molecule has 1 amide bonds. The molecule has 2 N–H and O–H groups in total. The molecular formula is C15H14N2O3. The van der Waals surface area contributed by atoms with Crippen LogP contribution in [0.5, 0.6) is 5.75 Å². The van der Waals surface area contributed by atoms with Crippen LogP contribution in [0.3, 0.4) is 0 Å².